The minimum Gasteiger partial charge on any atom is -0.380 e. The van der Waals surface area contributed by atoms with Gasteiger partial charge >= 0.3 is 0 Å². The van der Waals surface area contributed by atoms with Crippen molar-refractivity contribution < 1.29 is 4.79 Å². The highest BCUT2D eigenvalue weighted by atomic mass is 32.2. The van der Waals surface area contributed by atoms with E-state index in [-0.39, 0.29) is 5.78 Å². The number of carbonyl (C=O) groups is 1. The van der Waals surface area contributed by atoms with Crippen molar-refractivity contribution in [3.8, 4) is 0 Å². The topological polar surface area (TPSA) is 29.1 Å². The molecule has 1 aliphatic heterocycles. The molecule has 0 saturated carbocycles. The van der Waals surface area contributed by atoms with Crippen LogP contribution in [0.25, 0.3) is 0 Å². The first-order valence-electron chi connectivity index (χ1n) is 4.68. The molecule has 1 N–H and O–H groups in total. The van der Waals surface area contributed by atoms with Crippen molar-refractivity contribution in [2.45, 2.75) is 25.1 Å². The van der Waals surface area contributed by atoms with Gasteiger partial charge in [0.1, 0.15) is 0 Å². The highest BCUT2D eigenvalue weighted by Gasteiger charge is 2.27. The van der Waals surface area contributed by atoms with Crippen LogP contribution < -0.4 is 5.32 Å². The third kappa shape index (κ3) is 1.64. The van der Waals surface area contributed by atoms with Crippen LogP contribution in [-0.4, -0.2) is 17.1 Å². The van der Waals surface area contributed by atoms with Crippen molar-refractivity contribution >= 4 is 17.5 Å². The molecule has 0 aromatic rings. The summed E-state index contributed by atoms with van der Waals surface area (Å²) in [6.07, 6.45) is 8.35. The van der Waals surface area contributed by atoms with E-state index in [1.807, 2.05) is 19.1 Å². The molecular weight excluding hydrogens is 194 g/mol. The monoisotopic (exact) mass is 207 g/mol. The van der Waals surface area contributed by atoms with Crippen LogP contribution in [0.3, 0.4) is 0 Å². The molecule has 0 spiro atoms. The van der Waals surface area contributed by atoms with Crippen LogP contribution in [-0.2, 0) is 4.79 Å². The van der Waals surface area contributed by atoms with Crippen molar-refractivity contribution in [3.05, 3.63) is 34.9 Å². The molecule has 2 nitrogen and oxygen atoms in total. The zero-order chi connectivity index (χ0) is 10.1. The van der Waals surface area contributed by atoms with Crippen molar-refractivity contribution in [1.82, 2.24) is 5.32 Å². The van der Waals surface area contributed by atoms with Gasteiger partial charge in [0, 0.05) is 5.70 Å². The maximum absolute atomic E-state index is 11.3. The van der Waals surface area contributed by atoms with Crippen LogP contribution in [0.5, 0.6) is 0 Å². The van der Waals surface area contributed by atoms with E-state index in [0.29, 0.717) is 11.3 Å². The Morgan fingerprint density at radius 3 is 2.86 bits per heavy atom. The Morgan fingerprint density at radius 1 is 1.43 bits per heavy atom. The fourth-order valence-corrected chi connectivity index (χ4v) is 2.87. The van der Waals surface area contributed by atoms with E-state index < -0.39 is 0 Å². The molecule has 1 heterocycles. The Morgan fingerprint density at radius 2 is 2.14 bits per heavy atom. The smallest absolute Gasteiger partial charge is 0.167 e. The lowest BCUT2D eigenvalue weighted by Crippen LogP contribution is -2.39. The van der Waals surface area contributed by atoms with Crippen LogP contribution >= 0.6 is 11.8 Å². The summed E-state index contributed by atoms with van der Waals surface area (Å²) in [6, 6.07) is 0.341. The Labute approximate surface area is 88.1 Å². The molecule has 0 unspecified atom stereocenters. The number of hydrogen-bond acceptors (Lipinski definition) is 3. The average molecular weight is 207 g/mol. The normalized spacial score (nSPS) is 29.9. The van der Waals surface area contributed by atoms with Crippen LogP contribution in [0.1, 0.15) is 13.8 Å². The van der Waals surface area contributed by atoms with Crippen LogP contribution in [0.15, 0.2) is 34.9 Å². The molecule has 0 radical (unpaired) electrons. The summed E-state index contributed by atoms with van der Waals surface area (Å²) in [5.41, 5.74) is 1.00. The number of thioether (sulfide) groups is 1. The first kappa shape index (κ1) is 9.59. The standard InChI is InChI=1S/C11H13NOS/c1-7-11(8(2)13)14-10-6-4-3-5-9(10)12-7/h3-6,9-10,12H,1-2H3/t9-,10+/m0/s1. The second kappa shape index (κ2) is 3.65. The summed E-state index contributed by atoms with van der Waals surface area (Å²) in [7, 11) is 0. The molecule has 14 heavy (non-hydrogen) atoms. The summed E-state index contributed by atoms with van der Waals surface area (Å²) in [5, 5.41) is 3.71. The number of nitrogens with one attached hydrogen (secondary N) is 1. The molecular formula is C11H13NOS. The van der Waals surface area contributed by atoms with Gasteiger partial charge in [-0.3, -0.25) is 4.79 Å². The molecule has 3 heteroatoms. The summed E-state index contributed by atoms with van der Waals surface area (Å²) < 4.78 is 0. The molecule has 0 fully saturated rings. The number of carbonyl (C=O) groups excluding carboxylic acids is 1. The van der Waals surface area contributed by atoms with Gasteiger partial charge in [0.25, 0.3) is 0 Å². The summed E-state index contributed by atoms with van der Waals surface area (Å²) >= 11 is 1.66. The number of allylic oxidation sites excluding steroid dienone is 4. The zero-order valence-electron chi connectivity index (χ0n) is 8.28. The van der Waals surface area contributed by atoms with Crippen LogP contribution in [0.4, 0.5) is 0 Å². The molecule has 2 atom stereocenters. The third-order valence-corrected chi connectivity index (χ3v) is 3.93. The van der Waals surface area contributed by atoms with Gasteiger partial charge in [-0.25, -0.2) is 0 Å². The molecule has 0 aromatic heterocycles. The van der Waals surface area contributed by atoms with Gasteiger partial charge in [-0.05, 0) is 13.8 Å². The van der Waals surface area contributed by atoms with Gasteiger partial charge in [0.2, 0.25) is 0 Å². The first-order valence-corrected chi connectivity index (χ1v) is 5.56. The van der Waals surface area contributed by atoms with E-state index in [4.69, 9.17) is 0 Å². The number of hydrogen-bond donors (Lipinski definition) is 1. The lowest BCUT2D eigenvalue weighted by atomic mass is 10.1. The second-order valence-corrected chi connectivity index (χ2v) is 4.72. The molecule has 2 aliphatic rings. The zero-order valence-corrected chi connectivity index (χ0v) is 9.10. The third-order valence-electron chi connectivity index (χ3n) is 2.38. The Kier molecular flexibility index (Phi) is 2.50. The minimum absolute atomic E-state index is 0.154. The number of Topliss-reactive ketones (excluding diaryl/α,β-unsaturated/α-hetero) is 1. The molecule has 1 aliphatic carbocycles. The van der Waals surface area contributed by atoms with Gasteiger partial charge in [-0.2, -0.15) is 0 Å². The lowest BCUT2D eigenvalue weighted by molar-refractivity contribution is -0.113. The number of fused-ring (bicyclic) bond motifs is 1. The molecule has 74 valence electrons. The predicted molar refractivity (Wildman–Crippen MR) is 60.0 cm³/mol. The van der Waals surface area contributed by atoms with Gasteiger partial charge in [-0.1, -0.05) is 24.3 Å². The minimum atomic E-state index is 0.154. The number of ketones is 1. The van der Waals surface area contributed by atoms with Gasteiger partial charge in [-0.15, -0.1) is 11.8 Å². The van der Waals surface area contributed by atoms with E-state index in [1.54, 1.807) is 18.7 Å². The largest absolute Gasteiger partial charge is 0.380 e. The van der Waals surface area contributed by atoms with Crippen molar-refractivity contribution in [3.63, 3.8) is 0 Å². The highest BCUT2D eigenvalue weighted by Crippen LogP contribution is 2.34. The molecule has 0 aromatic carbocycles. The van der Waals surface area contributed by atoms with E-state index in [9.17, 15) is 4.79 Å². The fourth-order valence-electron chi connectivity index (χ4n) is 1.72. The van der Waals surface area contributed by atoms with Crippen LogP contribution in [0, 0.1) is 0 Å². The summed E-state index contributed by atoms with van der Waals surface area (Å²) in [4.78, 5) is 12.2. The van der Waals surface area contributed by atoms with Gasteiger partial charge in [0.05, 0.1) is 16.2 Å². The molecule has 0 bridgehead atoms. The maximum atomic E-state index is 11.3. The Balaban J connectivity index is 2.27. The number of rotatable bonds is 1. The Bertz CT molecular complexity index is 354. The lowest BCUT2D eigenvalue weighted by Gasteiger charge is -2.32. The van der Waals surface area contributed by atoms with E-state index in [1.165, 1.54) is 0 Å². The summed E-state index contributed by atoms with van der Waals surface area (Å²) in [5.74, 6) is 0.154. The maximum Gasteiger partial charge on any atom is 0.167 e. The van der Waals surface area contributed by atoms with Crippen molar-refractivity contribution in [2.75, 3.05) is 0 Å². The Hall–Kier alpha value is -0.960. The predicted octanol–water partition coefficient (Wildman–Crippen LogP) is 2.01. The molecule has 2 rings (SSSR count). The second-order valence-electron chi connectivity index (χ2n) is 3.53. The van der Waals surface area contributed by atoms with E-state index in [2.05, 4.69) is 17.5 Å². The first-order chi connectivity index (χ1) is 6.68. The average Bonchev–Trinajstić information content (AvgIpc) is 2.16. The van der Waals surface area contributed by atoms with Gasteiger partial charge < -0.3 is 5.32 Å². The van der Waals surface area contributed by atoms with E-state index in [0.717, 1.165) is 10.6 Å². The quantitative estimate of drug-likeness (QED) is 0.713. The van der Waals surface area contributed by atoms with Crippen molar-refractivity contribution in [1.29, 1.82) is 0 Å². The fraction of sp³-hybridized carbons (Fsp3) is 0.364. The highest BCUT2D eigenvalue weighted by molar-refractivity contribution is 8.04. The van der Waals surface area contributed by atoms with Crippen molar-refractivity contribution in [2.24, 2.45) is 0 Å². The molecule has 0 saturated heterocycles. The molecule has 0 amide bonds. The van der Waals surface area contributed by atoms with Crippen LogP contribution in [0.2, 0.25) is 0 Å². The summed E-state index contributed by atoms with van der Waals surface area (Å²) in [6.45, 7) is 3.59. The van der Waals surface area contributed by atoms with E-state index >= 15 is 0 Å². The SMILES string of the molecule is CC(=O)C1=C(C)N[C@H]2C=CC=C[C@H]2S1. The van der Waals surface area contributed by atoms with Gasteiger partial charge in [0.15, 0.2) is 5.78 Å².